The van der Waals surface area contributed by atoms with E-state index in [2.05, 4.69) is 29.8 Å². The Kier molecular flexibility index (Phi) is 4.85. The molecule has 0 atom stereocenters. The Hall–Kier alpha value is -1.11. The fourth-order valence-electron chi connectivity index (χ4n) is 2.17. The van der Waals surface area contributed by atoms with E-state index in [0.717, 1.165) is 11.0 Å². The first-order valence-electron chi connectivity index (χ1n) is 7.47. The summed E-state index contributed by atoms with van der Waals surface area (Å²) in [5, 5.41) is 4.90. The molecule has 1 aromatic rings. The van der Waals surface area contributed by atoms with Crippen molar-refractivity contribution in [2.45, 2.75) is 52.7 Å². The standard InChI is InChI=1S/C16H24BNO3S/c1-11-13(7-8-22-11)9-14(10-18-12(2)19)17-20-15(3,4)16(5,6)21-17/h7-9H,10H2,1-6H3,(H,18,19). The van der Waals surface area contributed by atoms with Crippen LogP contribution in [0.5, 0.6) is 0 Å². The van der Waals surface area contributed by atoms with Gasteiger partial charge in [-0.25, -0.2) is 0 Å². The van der Waals surface area contributed by atoms with Gasteiger partial charge in [0.2, 0.25) is 5.91 Å². The lowest BCUT2D eigenvalue weighted by Crippen LogP contribution is -2.41. The second-order valence-corrected chi connectivity index (χ2v) is 7.77. The zero-order valence-corrected chi connectivity index (χ0v) is 15.0. The average molecular weight is 321 g/mol. The first kappa shape index (κ1) is 17.3. The van der Waals surface area contributed by atoms with Crippen LogP contribution in [0.1, 0.15) is 45.1 Å². The number of hydrogen-bond acceptors (Lipinski definition) is 4. The van der Waals surface area contributed by atoms with Crippen LogP contribution in [-0.4, -0.2) is 30.8 Å². The number of aryl methyl sites for hydroxylation is 1. The number of thiophene rings is 1. The van der Waals surface area contributed by atoms with Crippen molar-refractivity contribution in [2.24, 2.45) is 0 Å². The van der Waals surface area contributed by atoms with Crippen LogP contribution in [0.4, 0.5) is 0 Å². The van der Waals surface area contributed by atoms with Crippen LogP contribution in [0.2, 0.25) is 0 Å². The molecule has 0 spiro atoms. The third-order valence-corrected chi connectivity index (χ3v) is 5.20. The lowest BCUT2D eigenvalue weighted by molar-refractivity contribution is -0.118. The number of carbonyl (C=O) groups is 1. The molecular formula is C16H24BNO3S. The lowest BCUT2D eigenvalue weighted by Gasteiger charge is -2.32. The summed E-state index contributed by atoms with van der Waals surface area (Å²) in [5.74, 6) is -0.0653. The second kappa shape index (κ2) is 6.18. The summed E-state index contributed by atoms with van der Waals surface area (Å²) in [5.41, 5.74) is 1.28. The van der Waals surface area contributed by atoms with E-state index < -0.39 is 18.3 Å². The van der Waals surface area contributed by atoms with E-state index in [0.29, 0.717) is 6.54 Å². The molecule has 0 aromatic carbocycles. The lowest BCUT2D eigenvalue weighted by atomic mass is 9.77. The summed E-state index contributed by atoms with van der Waals surface area (Å²) in [6.45, 7) is 12.1. The molecule has 1 N–H and O–H groups in total. The Morgan fingerprint density at radius 1 is 1.32 bits per heavy atom. The van der Waals surface area contributed by atoms with Gasteiger partial charge in [0.1, 0.15) is 0 Å². The first-order chi connectivity index (χ1) is 10.1. The molecule has 1 aromatic heterocycles. The number of amides is 1. The Balaban J connectivity index is 2.28. The fourth-order valence-corrected chi connectivity index (χ4v) is 2.85. The molecule has 2 rings (SSSR count). The number of hydrogen-bond donors (Lipinski definition) is 1. The summed E-state index contributed by atoms with van der Waals surface area (Å²) >= 11 is 1.70. The SMILES string of the molecule is CC(=O)NCC(=Cc1ccsc1C)B1OC(C)(C)C(C)(C)O1. The minimum Gasteiger partial charge on any atom is -0.400 e. The maximum atomic E-state index is 11.3. The highest BCUT2D eigenvalue weighted by molar-refractivity contribution is 7.10. The topological polar surface area (TPSA) is 47.6 Å². The van der Waals surface area contributed by atoms with Crippen LogP contribution in [0.15, 0.2) is 16.9 Å². The van der Waals surface area contributed by atoms with Gasteiger partial charge in [0, 0.05) is 18.3 Å². The molecule has 1 aliphatic rings. The van der Waals surface area contributed by atoms with Crippen LogP contribution < -0.4 is 5.32 Å². The van der Waals surface area contributed by atoms with E-state index in [4.69, 9.17) is 9.31 Å². The molecule has 1 amide bonds. The van der Waals surface area contributed by atoms with Gasteiger partial charge in [-0.3, -0.25) is 4.79 Å². The number of rotatable bonds is 4. The van der Waals surface area contributed by atoms with Gasteiger partial charge < -0.3 is 14.6 Å². The van der Waals surface area contributed by atoms with Gasteiger partial charge in [-0.05, 0) is 57.1 Å². The molecule has 120 valence electrons. The van der Waals surface area contributed by atoms with E-state index in [9.17, 15) is 4.79 Å². The number of nitrogens with one attached hydrogen (secondary N) is 1. The highest BCUT2D eigenvalue weighted by atomic mass is 32.1. The quantitative estimate of drug-likeness (QED) is 0.866. The molecule has 6 heteroatoms. The highest BCUT2D eigenvalue weighted by Gasteiger charge is 2.52. The zero-order valence-electron chi connectivity index (χ0n) is 14.1. The molecule has 2 heterocycles. The van der Waals surface area contributed by atoms with Crippen LogP contribution in [0.3, 0.4) is 0 Å². The van der Waals surface area contributed by atoms with Crippen molar-refractivity contribution in [2.75, 3.05) is 6.54 Å². The van der Waals surface area contributed by atoms with E-state index in [1.165, 1.54) is 11.8 Å². The van der Waals surface area contributed by atoms with Crippen LogP contribution in [0, 0.1) is 6.92 Å². The van der Waals surface area contributed by atoms with Crippen molar-refractivity contribution >= 4 is 30.4 Å². The van der Waals surface area contributed by atoms with Gasteiger partial charge in [-0.2, -0.15) is 0 Å². The Morgan fingerprint density at radius 3 is 2.36 bits per heavy atom. The van der Waals surface area contributed by atoms with Gasteiger partial charge in [-0.15, -0.1) is 11.3 Å². The van der Waals surface area contributed by atoms with Crippen LogP contribution in [-0.2, 0) is 14.1 Å². The summed E-state index contributed by atoms with van der Waals surface area (Å²) < 4.78 is 12.2. The molecule has 1 aliphatic heterocycles. The molecule has 0 aliphatic carbocycles. The molecule has 0 bridgehead atoms. The molecule has 4 nitrogen and oxygen atoms in total. The summed E-state index contributed by atoms with van der Waals surface area (Å²) in [6.07, 6.45) is 2.06. The van der Waals surface area contributed by atoms with E-state index >= 15 is 0 Å². The molecule has 22 heavy (non-hydrogen) atoms. The smallest absolute Gasteiger partial charge is 0.400 e. The van der Waals surface area contributed by atoms with Crippen molar-refractivity contribution in [1.82, 2.24) is 5.32 Å². The minimum atomic E-state index is -0.448. The molecule has 1 fully saturated rings. The van der Waals surface area contributed by atoms with E-state index in [1.54, 1.807) is 11.3 Å². The first-order valence-corrected chi connectivity index (χ1v) is 8.35. The average Bonchev–Trinajstić information content (AvgIpc) is 2.86. The van der Waals surface area contributed by atoms with E-state index in [1.807, 2.05) is 27.7 Å². The Labute approximate surface area is 137 Å². The van der Waals surface area contributed by atoms with Crippen molar-refractivity contribution in [3.63, 3.8) is 0 Å². The van der Waals surface area contributed by atoms with Crippen LogP contribution >= 0.6 is 11.3 Å². The maximum absolute atomic E-state index is 11.3. The Bertz CT molecular complexity index is 576. The number of carbonyl (C=O) groups excluding carboxylic acids is 1. The Morgan fingerprint density at radius 2 is 1.91 bits per heavy atom. The molecule has 1 saturated heterocycles. The second-order valence-electron chi connectivity index (χ2n) is 6.65. The predicted octanol–water partition coefficient (Wildman–Crippen LogP) is 3.21. The summed E-state index contributed by atoms with van der Waals surface area (Å²) in [4.78, 5) is 12.5. The molecule has 0 radical (unpaired) electrons. The van der Waals surface area contributed by atoms with Gasteiger partial charge >= 0.3 is 7.12 Å². The highest BCUT2D eigenvalue weighted by Crippen LogP contribution is 2.38. The summed E-state index contributed by atoms with van der Waals surface area (Å²) in [6, 6.07) is 2.07. The van der Waals surface area contributed by atoms with Crippen molar-refractivity contribution in [3.05, 3.63) is 27.4 Å². The predicted molar refractivity (Wildman–Crippen MR) is 91.8 cm³/mol. The third kappa shape index (κ3) is 3.62. The minimum absolute atomic E-state index is 0.0653. The maximum Gasteiger partial charge on any atom is 0.492 e. The van der Waals surface area contributed by atoms with Gasteiger partial charge in [-0.1, -0.05) is 6.08 Å². The monoisotopic (exact) mass is 321 g/mol. The largest absolute Gasteiger partial charge is 0.492 e. The van der Waals surface area contributed by atoms with E-state index in [-0.39, 0.29) is 5.91 Å². The third-order valence-electron chi connectivity index (χ3n) is 4.34. The van der Waals surface area contributed by atoms with Gasteiger partial charge in [0.05, 0.1) is 11.2 Å². The summed E-state index contributed by atoms with van der Waals surface area (Å²) in [7, 11) is -0.448. The normalized spacial score (nSPS) is 20.3. The van der Waals surface area contributed by atoms with Crippen molar-refractivity contribution in [3.8, 4) is 0 Å². The van der Waals surface area contributed by atoms with Crippen molar-refractivity contribution < 1.29 is 14.1 Å². The van der Waals surface area contributed by atoms with Gasteiger partial charge in [0.25, 0.3) is 0 Å². The van der Waals surface area contributed by atoms with Crippen molar-refractivity contribution in [1.29, 1.82) is 0 Å². The zero-order chi connectivity index (χ0) is 16.5. The van der Waals surface area contributed by atoms with Gasteiger partial charge in [0.15, 0.2) is 0 Å². The molecular weight excluding hydrogens is 297 g/mol. The molecule has 0 unspecified atom stereocenters. The molecule has 0 saturated carbocycles. The van der Waals surface area contributed by atoms with Crippen LogP contribution in [0.25, 0.3) is 6.08 Å². The fraction of sp³-hybridized carbons (Fsp3) is 0.562.